The van der Waals surface area contributed by atoms with Crippen molar-refractivity contribution >= 4 is 38.9 Å². The molecule has 29 heavy (non-hydrogen) atoms. The molecule has 2 heterocycles. The van der Waals surface area contributed by atoms with Crippen LogP contribution in [0.3, 0.4) is 0 Å². The SMILES string of the molecule is CC1(c2cc(NC(=O)c3ccc(Cl)cn3)ccc2F)CS(=O)(=O)C(C)(C)C(N)=N1. The molecular weight excluding hydrogens is 419 g/mol. The number of nitrogens with zero attached hydrogens (tertiary/aromatic N) is 2. The molecule has 0 radical (unpaired) electrons. The number of nitrogens with one attached hydrogen (secondary N) is 1. The minimum absolute atomic E-state index is 0.0152. The second-order valence-corrected chi connectivity index (χ2v) is 10.5. The number of carbonyl (C=O) groups is 1. The molecule has 1 atom stereocenters. The van der Waals surface area contributed by atoms with Crippen LogP contribution in [0.1, 0.15) is 36.8 Å². The van der Waals surface area contributed by atoms with E-state index in [-0.39, 0.29) is 22.8 Å². The van der Waals surface area contributed by atoms with Crippen molar-refractivity contribution < 1.29 is 17.6 Å². The summed E-state index contributed by atoms with van der Waals surface area (Å²) < 4.78 is 38.7. The van der Waals surface area contributed by atoms with Crippen molar-refractivity contribution in [2.45, 2.75) is 31.1 Å². The minimum atomic E-state index is -3.70. The van der Waals surface area contributed by atoms with Crippen LogP contribution in [-0.4, -0.2) is 35.6 Å². The van der Waals surface area contributed by atoms with E-state index in [0.29, 0.717) is 5.02 Å². The van der Waals surface area contributed by atoms with Crippen molar-refractivity contribution in [3.63, 3.8) is 0 Å². The summed E-state index contributed by atoms with van der Waals surface area (Å²) in [6, 6.07) is 6.83. The second kappa shape index (κ2) is 7.07. The molecule has 1 aliphatic rings. The van der Waals surface area contributed by atoms with Crippen molar-refractivity contribution in [3.05, 3.63) is 58.6 Å². The highest BCUT2D eigenvalue weighted by Crippen LogP contribution is 2.38. The zero-order valence-corrected chi connectivity index (χ0v) is 17.6. The molecule has 0 spiro atoms. The number of hydrogen-bond acceptors (Lipinski definition) is 6. The summed E-state index contributed by atoms with van der Waals surface area (Å²) in [5.41, 5.74) is 4.89. The molecule has 0 saturated carbocycles. The van der Waals surface area contributed by atoms with Gasteiger partial charge in [0, 0.05) is 17.4 Å². The number of benzene rings is 1. The van der Waals surface area contributed by atoms with E-state index in [2.05, 4.69) is 15.3 Å². The Kier molecular flexibility index (Phi) is 5.17. The molecule has 1 aromatic heterocycles. The highest BCUT2D eigenvalue weighted by Gasteiger charge is 2.49. The molecule has 154 valence electrons. The summed E-state index contributed by atoms with van der Waals surface area (Å²) in [5.74, 6) is -1.68. The van der Waals surface area contributed by atoms with Gasteiger partial charge < -0.3 is 11.1 Å². The summed E-state index contributed by atoms with van der Waals surface area (Å²) in [4.78, 5) is 20.6. The molecule has 1 aromatic carbocycles. The first-order chi connectivity index (χ1) is 13.4. The van der Waals surface area contributed by atoms with E-state index in [1.165, 1.54) is 51.2 Å². The molecule has 3 rings (SSSR count). The number of rotatable bonds is 3. The van der Waals surface area contributed by atoms with Gasteiger partial charge in [0.15, 0.2) is 9.84 Å². The predicted molar refractivity (Wildman–Crippen MR) is 110 cm³/mol. The van der Waals surface area contributed by atoms with Crippen LogP contribution in [-0.2, 0) is 15.4 Å². The summed E-state index contributed by atoms with van der Waals surface area (Å²) >= 11 is 5.76. The fraction of sp³-hybridized carbons (Fsp3) is 0.316. The van der Waals surface area contributed by atoms with Gasteiger partial charge in [0.2, 0.25) is 0 Å². The highest BCUT2D eigenvalue weighted by molar-refractivity contribution is 7.93. The third kappa shape index (κ3) is 3.84. The number of nitrogens with two attached hydrogens (primary N) is 1. The lowest BCUT2D eigenvalue weighted by Crippen LogP contribution is -2.55. The van der Waals surface area contributed by atoms with Gasteiger partial charge in [-0.2, -0.15) is 0 Å². The maximum atomic E-state index is 14.6. The smallest absolute Gasteiger partial charge is 0.274 e. The van der Waals surface area contributed by atoms with E-state index in [1.54, 1.807) is 0 Å². The van der Waals surface area contributed by atoms with Crippen molar-refractivity contribution in [1.29, 1.82) is 0 Å². The van der Waals surface area contributed by atoms with Crippen LogP contribution in [0, 0.1) is 5.82 Å². The molecular formula is C19H20ClFN4O3S. The van der Waals surface area contributed by atoms with Gasteiger partial charge in [-0.3, -0.25) is 9.79 Å². The highest BCUT2D eigenvalue weighted by atomic mass is 35.5. The molecule has 0 bridgehead atoms. The summed E-state index contributed by atoms with van der Waals surface area (Å²) in [5, 5.41) is 2.99. The number of halogens is 2. The number of aromatic nitrogens is 1. The van der Waals surface area contributed by atoms with Gasteiger partial charge in [-0.1, -0.05) is 11.6 Å². The number of amidine groups is 1. The quantitative estimate of drug-likeness (QED) is 0.764. The third-order valence-corrected chi connectivity index (χ3v) is 7.93. The first kappa shape index (κ1) is 21.2. The molecule has 1 aliphatic heterocycles. The Morgan fingerprint density at radius 2 is 1.93 bits per heavy atom. The van der Waals surface area contributed by atoms with Crippen molar-refractivity contribution in [2.24, 2.45) is 10.7 Å². The number of pyridine rings is 1. The van der Waals surface area contributed by atoms with E-state index >= 15 is 0 Å². The topological polar surface area (TPSA) is 115 Å². The van der Waals surface area contributed by atoms with Crippen molar-refractivity contribution in [1.82, 2.24) is 4.98 Å². The second-order valence-electron chi connectivity index (χ2n) is 7.55. The van der Waals surface area contributed by atoms with Crippen LogP contribution in [0.25, 0.3) is 0 Å². The van der Waals surface area contributed by atoms with Gasteiger partial charge in [0.25, 0.3) is 5.91 Å². The van der Waals surface area contributed by atoms with Crippen molar-refractivity contribution in [2.75, 3.05) is 11.1 Å². The Bertz CT molecular complexity index is 1120. The lowest BCUT2D eigenvalue weighted by molar-refractivity contribution is 0.102. The fourth-order valence-corrected chi connectivity index (χ4v) is 4.80. The van der Waals surface area contributed by atoms with Crippen LogP contribution < -0.4 is 11.1 Å². The predicted octanol–water partition coefficient (Wildman–Crippen LogP) is 2.91. The average molecular weight is 439 g/mol. The van der Waals surface area contributed by atoms with Crippen LogP contribution in [0.4, 0.5) is 10.1 Å². The van der Waals surface area contributed by atoms with E-state index in [4.69, 9.17) is 17.3 Å². The largest absolute Gasteiger partial charge is 0.386 e. The summed E-state index contributed by atoms with van der Waals surface area (Å²) in [6.45, 7) is 4.43. The molecule has 7 nitrogen and oxygen atoms in total. The summed E-state index contributed by atoms with van der Waals surface area (Å²) in [7, 11) is -3.70. The third-order valence-electron chi connectivity index (χ3n) is 5.00. The number of amides is 1. The van der Waals surface area contributed by atoms with Gasteiger partial charge >= 0.3 is 0 Å². The fourth-order valence-electron chi connectivity index (χ4n) is 3.00. The monoisotopic (exact) mass is 438 g/mol. The molecule has 2 aromatic rings. The van der Waals surface area contributed by atoms with Gasteiger partial charge in [0.1, 0.15) is 27.6 Å². The van der Waals surface area contributed by atoms with E-state index in [9.17, 15) is 17.6 Å². The molecule has 1 amide bonds. The van der Waals surface area contributed by atoms with Crippen molar-refractivity contribution in [3.8, 4) is 0 Å². The Labute approximate surface area is 173 Å². The molecule has 1 unspecified atom stereocenters. The molecule has 10 heteroatoms. The molecule has 3 N–H and O–H groups in total. The van der Waals surface area contributed by atoms with E-state index in [0.717, 1.165) is 6.07 Å². The van der Waals surface area contributed by atoms with E-state index < -0.39 is 37.6 Å². The maximum absolute atomic E-state index is 14.6. The Balaban J connectivity index is 1.98. The van der Waals surface area contributed by atoms with Crippen LogP contribution >= 0.6 is 11.6 Å². The van der Waals surface area contributed by atoms with Crippen LogP contribution in [0.2, 0.25) is 5.02 Å². The van der Waals surface area contributed by atoms with Gasteiger partial charge in [-0.15, -0.1) is 0 Å². The Morgan fingerprint density at radius 3 is 2.52 bits per heavy atom. The normalized spacial score (nSPS) is 22.6. The standard InChI is InChI=1S/C19H20ClFN4O3S/c1-18(2)17(22)25-19(3,10-29(18,27)28)13-8-12(5-6-14(13)21)24-16(26)15-7-4-11(20)9-23-15/h4-9H,10H2,1-3H3,(H2,22,25)(H,24,26). The maximum Gasteiger partial charge on any atom is 0.274 e. The first-order valence-electron chi connectivity index (χ1n) is 8.67. The van der Waals surface area contributed by atoms with E-state index in [1.807, 2.05) is 0 Å². The zero-order valence-electron chi connectivity index (χ0n) is 16.0. The van der Waals surface area contributed by atoms with Gasteiger partial charge in [-0.25, -0.2) is 17.8 Å². The molecule has 0 fully saturated rings. The van der Waals surface area contributed by atoms with Crippen LogP contribution in [0.15, 0.2) is 41.5 Å². The number of aliphatic imine (C=N–C) groups is 1. The summed E-state index contributed by atoms with van der Waals surface area (Å²) in [6.07, 6.45) is 1.33. The first-order valence-corrected chi connectivity index (χ1v) is 10.7. The average Bonchev–Trinajstić information content (AvgIpc) is 2.62. The Hall–Kier alpha value is -2.52. The lowest BCUT2D eigenvalue weighted by Gasteiger charge is -2.38. The van der Waals surface area contributed by atoms with Gasteiger partial charge in [-0.05, 0) is 51.1 Å². The Morgan fingerprint density at radius 1 is 1.24 bits per heavy atom. The zero-order chi connectivity index (χ0) is 21.6. The molecule has 0 saturated heterocycles. The number of anilines is 1. The number of hydrogen-bond donors (Lipinski definition) is 2. The molecule has 0 aliphatic carbocycles. The number of carbonyl (C=O) groups excluding carboxylic acids is 1. The number of sulfone groups is 1. The van der Waals surface area contributed by atoms with Crippen LogP contribution in [0.5, 0.6) is 0 Å². The van der Waals surface area contributed by atoms with Gasteiger partial charge in [0.05, 0.1) is 10.8 Å². The lowest BCUT2D eigenvalue weighted by atomic mass is 9.92. The minimum Gasteiger partial charge on any atom is -0.386 e.